The monoisotopic (exact) mass is 287 g/mol. The van der Waals surface area contributed by atoms with Crippen LogP contribution in [0, 0.1) is 0 Å². The maximum atomic E-state index is 12.4. The third kappa shape index (κ3) is 2.99. The molecule has 2 aromatic heterocycles. The Morgan fingerprint density at radius 3 is 2.95 bits per heavy atom. The molecule has 0 saturated heterocycles. The van der Waals surface area contributed by atoms with E-state index in [4.69, 9.17) is 0 Å². The van der Waals surface area contributed by atoms with Gasteiger partial charge < -0.3 is 10.6 Å². The van der Waals surface area contributed by atoms with Crippen LogP contribution in [-0.2, 0) is 0 Å². The number of anilines is 1. The Balaban J connectivity index is 1.81. The van der Waals surface area contributed by atoms with Crippen molar-refractivity contribution in [1.29, 1.82) is 0 Å². The lowest BCUT2D eigenvalue weighted by atomic mass is 9.95. The predicted octanol–water partition coefficient (Wildman–Crippen LogP) is 2.22. The second-order valence-corrected chi connectivity index (χ2v) is 5.48. The molecule has 1 aliphatic carbocycles. The van der Waals surface area contributed by atoms with Crippen LogP contribution in [0.3, 0.4) is 0 Å². The van der Waals surface area contributed by atoms with E-state index in [0.717, 1.165) is 25.2 Å². The molecular weight excluding hydrogens is 266 g/mol. The van der Waals surface area contributed by atoms with Crippen molar-refractivity contribution in [3.63, 3.8) is 0 Å². The van der Waals surface area contributed by atoms with Crippen LogP contribution in [0.5, 0.6) is 0 Å². The first-order chi connectivity index (χ1) is 10.3. The first kappa shape index (κ1) is 13.9. The zero-order valence-corrected chi connectivity index (χ0v) is 12.3. The number of amides is 1. The average molecular weight is 287 g/mol. The van der Waals surface area contributed by atoms with Crippen molar-refractivity contribution in [3.8, 4) is 0 Å². The molecule has 2 heterocycles. The molecule has 0 aliphatic heterocycles. The lowest BCUT2D eigenvalue weighted by Crippen LogP contribution is -2.36. The molecule has 0 unspecified atom stereocenters. The second kappa shape index (κ2) is 6.11. The van der Waals surface area contributed by atoms with Gasteiger partial charge in [0.2, 0.25) is 0 Å². The Morgan fingerprint density at radius 2 is 2.19 bits per heavy atom. The Hall–Kier alpha value is -2.11. The molecule has 21 heavy (non-hydrogen) atoms. The summed E-state index contributed by atoms with van der Waals surface area (Å²) in [5.41, 5.74) is 1.14. The maximum Gasteiger partial charge on any atom is 0.256 e. The minimum Gasteiger partial charge on any atom is -0.370 e. The van der Waals surface area contributed by atoms with Crippen molar-refractivity contribution in [3.05, 3.63) is 24.0 Å². The summed E-state index contributed by atoms with van der Waals surface area (Å²) in [6, 6.07) is 2.14. The van der Waals surface area contributed by atoms with Gasteiger partial charge in [0.15, 0.2) is 5.65 Å². The van der Waals surface area contributed by atoms with Gasteiger partial charge >= 0.3 is 0 Å². The van der Waals surface area contributed by atoms with E-state index in [-0.39, 0.29) is 11.9 Å². The summed E-state index contributed by atoms with van der Waals surface area (Å²) in [7, 11) is 0. The zero-order chi connectivity index (χ0) is 14.7. The molecule has 1 amide bonds. The summed E-state index contributed by atoms with van der Waals surface area (Å²) in [5.74, 6) is 0.690. The normalized spacial score (nSPS) is 16.0. The van der Waals surface area contributed by atoms with Crippen LogP contribution in [-0.4, -0.2) is 33.1 Å². The van der Waals surface area contributed by atoms with E-state index in [1.165, 1.54) is 19.3 Å². The van der Waals surface area contributed by atoms with Crippen molar-refractivity contribution >= 4 is 17.4 Å². The van der Waals surface area contributed by atoms with Crippen molar-refractivity contribution in [2.75, 3.05) is 11.9 Å². The number of fused-ring (bicyclic) bond motifs is 1. The number of carbonyl (C=O) groups is 1. The molecular formula is C15H21N5O. The van der Waals surface area contributed by atoms with E-state index in [1.54, 1.807) is 10.7 Å². The molecule has 2 N–H and O–H groups in total. The van der Waals surface area contributed by atoms with Gasteiger partial charge in [0.1, 0.15) is 11.4 Å². The standard InChI is InChI=1S/C15H21N5O/c1-2-16-13-8-9-20-14(19-13)12(10-17-20)15(21)18-11-6-4-3-5-7-11/h8-11H,2-7H2,1H3,(H,16,19)(H,18,21). The molecule has 0 atom stereocenters. The molecule has 0 radical (unpaired) electrons. The van der Waals surface area contributed by atoms with Crippen LogP contribution in [0.2, 0.25) is 0 Å². The molecule has 1 fully saturated rings. The fourth-order valence-electron chi connectivity index (χ4n) is 2.82. The Kier molecular flexibility index (Phi) is 4.03. The molecule has 1 aliphatic rings. The van der Waals surface area contributed by atoms with E-state index in [0.29, 0.717) is 11.2 Å². The number of aromatic nitrogens is 3. The quantitative estimate of drug-likeness (QED) is 0.904. The highest BCUT2D eigenvalue weighted by molar-refractivity contribution is 5.99. The summed E-state index contributed by atoms with van der Waals surface area (Å²) in [5, 5.41) is 10.5. The van der Waals surface area contributed by atoms with Gasteiger partial charge in [-0.05, 0) is 25.8 Å². The average Bonchev–Trinajstić information content (AvgIpc) is 2.92. The largest absolute Gasteiger partial charge is 0.370 e. The first-order valence-electron chi connectivity index (χ1n) is 7.67. The van der Waals surface area contributed by atoms with Crippen LogP contribution >= 0.6 is 0 Å². The van der Waals surface area contributed by atoms with Gasteiger partial charge in [-0.2, -0.15) is 5.10 Å². The van der Waals surface area contributed by atoms with E-state index in [2.05, 4.69) is 20.7 Å². The minimum atomic E-state index is -0.0713. The highest BCUT2D eigenvalue weighted by atomic mass is 16.1. The van der Waals surface area contributed by atoms with Gasteiger partial charge in [-0.25, -0.2) is 9.50 Å². The number of hydrogen-bond acceptors (Lipinski definition) is 4. The van der Waals surface area contributed by atoms with Gasteiger partial charge in [-0.3, -0.25) is 4.79 Å². The van der Waals surface area contributed by atoms with Crippen LogP contribution in [0.4, 0.5) is 5.82 Å². The molecule has 6 nitrogen and oxygen atoms in total. The fraction of sp³-hybridized carbons (Fsp3) is 0.533. The zero-order valence-electron chi connectivity index (χ0n) is 12.3. The molecule has 3 rings (SSSR count). The van der Waals surface area contributed by atoms with Gasteiger partial charge in [0, 0.05) is 18.8 Å². The molecule has 0 aromatic carbocycles. The molecule has 0 spiro atoms. The van der Waals surface area contributed by atoms with E-state index >= 15 is 0 Å². The van der Waals surface area contributed by atoms with Gasteiger partial charge in [-0.1, -0.05) is 19.3 Å². The molecule has 0 bridgehead atoms. The second-order valence-electron chi connectivity index (χ2n) is 5.48. The molecule has 6 heteroatoms. The Morgan fingerprint density at radius 1 is 1.38 bits per heavy atom. The SMILES string of the molecule is CCNc1ccn2ncc(C(=O)NC3CCCCC3)c2n1. The minimum absolute atomic E-state index is 0.0713. The third-order valence-corrected chi connectivity index (χ3v) is 3.91. The number of rotatable bonds is 4. The van der Waals surface area contributed by atoms with Crippen LogP contribution < -0.4 is 10.6 Å². The Labute approximate surface area is 123 Å². The smallest absolute Gasteiger partial charge is 0.256 e. The van der Waals surface area contributed by atoms with Crippen molar-refractivity contribution in [2.24, 2.45) is 0 Å². The molecule has 112 valence electrons. The predicted molar refractivity (Wildman–Crippen MR) is 81.5 cm³/mol. The summed E-state index contributed by atoms with van der Waals surface area (Å²) in [4.78, 5) is 16.9. The maximum absolute atomic E-state index is 12.4. The van der Waals surface area contributed by atoms with Gasteiger partial charge in [0.25, 0.3) is 5.91 Å². The fourth-order valence-corrected chi connectivity index (χ4v) is 2.82. The topological polar surface area (TPSA) is 71.3 Å². The van der Waals surface area contributed by atoms with Crippen LogP contribution in [0.15, 0.2) is 18.5 Å². The summed E-state index contributed by atoms with van der Waals surface area (Å²) in [6.45, 7) is 2.81. The number of nitrogens with zero attached hydrogens (tertiary/aromatic N) is 3. The summed E-state index contributed by atoms with van der Waals surface area (Å²) >= 11 is 0. The van der Waals surface area contributed by atoms with Crippen molar-refractivity contribution < 1.29 is 4.79 Å². The highest BCUT2D eigenvalue weighted by Crippen LogP contribution is 2.18. The van der Waals surface area contributed by atoms with E-state index < -0.39 is 0 Å². The first-order valence-corrected chi connectivity index (χ1v) is 7.67. The number of nitrogens with one attached hydrogen (secondary N) is 2. The summed E-state index contributed by atoms with van der Waals surface area (Å²) < 4.78 is 1.64. The lowest BCUT2D eigenvalue weighted by molar-refractivity contribution is 0.0929. The molecule has 1 saturated carbocycles. The van der Waals surface area contributed by atoms with E-state index in [9.17, 15) is 4.79 Å². The van der Waals surface area contributed by atoms with Crippen LogP contribution in [0.1, 0.15) is 49.4 Å². The van der Waals surface area contributed by atoms with E-state index in [1.807, 2.05) is 19.2 Å². The van der Waals surface area contributed by atoms with Gasteiger partial charge in [0.05, 0.1) is 6.20 Å². The summed E-state index contributed by atoms with van der Waals surface area (Å²) in [6.07, 6.45) is 9.22. The van der Waals surface area contributed by atoms with Crippen LogP contribution in [0.25, 0.3) is 5.65 Å². The van der Waals surface area contributed by atoms with Crippen molar-refractivity contribution in [1.82, 2.24) is 19.9 Å². The number of carbonyl (C=O) groups excluding carboxylic acids is 1. The lowest BCUT2D eigenvalue weighted by Gasteiger charge is -2.22. The van der Waals surface area contributed by atoms with Gasteiger partial charge in [-0.15, -0.1) is 0 Å². The van der Waals surface area contributed by atoms with Crippen molar-refractivity contribution in [2.45, 2.75) is 45.1 Å². The molecule has 2 aromatic rings. The third-order valence-electron chi connectivity index (χ3n) is 3.91. The Bertz CT molecular complexity index is 630. The highest BCUT2D eigenvalue weighted by Gasteiger charge is 2.20. The number of hydrogen-bond donors (Lipinski definition) is 2.